The van der Waals surface area contributed by atoms with E-state index in [-0.39, 0.29) is 0 Å². The van der Waals surface area contributed by atoms with Gasteiger partial charge in [-0.1, -0.05) is 32.6 Å². The van der Waals surface area contributed by atoms with Crippen molar-refractivity contribution in [2.24, 2.45) is 0 Å². The molecule has 19 heavy (non-hydrogen) atoms. The van der Waals surface area contributed by atoms with E-state index in [9.17, 15) is 0 Å². The van der Waals surface area contributed by atoms with Crippen molar-refractivity contribution in [3.63, 3.8) is 0 Å². The van der Waals surface area contributed by atoms with Crippen LogP contribution in [0.4, 0.5) is 5.82 Å². The standard InChI is InChI=1S/C15H24N4/c1-4-5-6-7-8-12(2)17-15-14-11-13(3)18-19(14)10-9-16-15/h9-12H,4-8H2,1-3H3,(H,16,17). The van der Waals surface area contributed by atoms with Crippen LogP contribution >= 0.6 is 0 Å². The van der Waals surface area contributed by atoms with E-state index in [1.165, 1.54) is 32.1 Å². The SMILES string of the molecule is CCCCCCC(C)Nc1nccn2nc(C)cc12. The Labute approximate surface area is 115 Å². The summed E-state index contributed by atoms with van der Waals surface area (Å²) in [4.78, 5) is 4.43. The molecule has 4 nitrogen and oxygen atoms in total. The van der Waals surface area contributed by atoms with Crippen LogP contribution in [-0.2, 0) is 0 Å². The van der Waals surface area contributed by atoms with Gasteiger partial charge in [-0.05, 0) is 26.3 Å². The van der Waals surface area contributed by atoms with Crippen molar-refractivity contribution in [2.45, 2.75) is 58.9 Å². The van der Waals surface area contributed by atoms with Crippen molar-refractivity contribution in [2.75, 3.05) is 5.32 Å². The monoisotopic (exact) mass is 260 g/mol. The fourth-order valence-corrected chi connectivity index (χ4v) is 2.34. The van der Waals surface area contributed by atoms with Crippen LogP contribution in [0.3, 0.4) is 0 Å². The molecule has 0 bridgehead atoms. The molecule has 0 aromatic carbocycles. The lowest BCUT2D eigenvalue weighted by atomic mass is 10.1. The summed E-state index contributed by atoms with van der Waals surface area (Å²) in [7, 11) is 0. The Morgan fingerprint density at radius 3 is 2.95 bits per heavy atom. The highest BCUT2D eigenvalue weighted by molar-refractivity contribution is 5.67. The van der Waals surface area contributed by atoms with Crippen molar-refractivity contribution in [3.05, 3.63) is 24.2 Å². The van der Waals surface area contributed by atoms with Gasteiger partial charge in [-0.25, -0.2) is 9.50 Å². The predicted octanol–water partition coefficient (Wildman–Crippen LogP) is 3.81. The molecular formula is C15H24N4. The largest absolute Gasteiger partial charge is 0.366 e. The van der Waals surface area contributed by atoms with Crippen molar-refractivity contribution in [1.82, 2.24) is 14.6 Å². The molecule has 0 aliphatic heterocycles. The molecule has 2 rings (SSSR count). The molecule has 1 unspecified atom stereocenters. The van der Waals surface area contributed by atoms with Crippen LogP contribution < -0.4 is 5.32 Å². The van der Waals surface area contributed by atoms with Gasteiger partial charge < -0.3 is 5.32 Å². The second-order valence-electron chi connectivity index (χ2n) is 5.29. The van der Waals surface area contributed by atoms with Gasteiger partial charge in [0, 0.05) is 18.4 Å². The number of fused-ring (bicyclic) bond motifs is 1. The minimum Gasteiger partial charge on any atom is -0.366 e. The molecule has 0 amide bonds. The van der Waals surface area contributed by atoms with Crippen molar-refractivity contribution < 1.29 is 0 Å². The topological polar surface area (TPSA) is 42.2 Å². The minimum absolute atomic E-state index is 0.450. The number of aromatic nitrogens is 3. The van der Waals surface area contributed by atoms with E-state index in [2.05, 4.69) is 35.3 Å². The maximum absolute atomic E-state index is 4.43. The van der Waals surface area contributed by atoms with E-state index in [0.717, 1.165) is 17.0 Å². The third kappa shape index (κ3) is 3.69. The number of aryl methyl sites for hydroxylation is 1. The van der Waals surface area contributed by atoms with E-state index < -0.39 is 0 Å². The van der Waals surface area contributed by atoms with Gasteiger partial charge in [-0.3, -0.25) is 0 Å². The quantitative estimate of drug-likeness (QED) is 0.770. The highest BCUT2D eigenvalue weighted by Gasteiger charge is 2.08. The lowest BCUT2D eigenvalue weighted by Gasteiger charge is -2.14. The van der Waals surface area contributed by atoms with Crippen LogP contribution in [0, 0.1) is 6.92 Å². The number of nitrogens with zero attached hydrogens (tertiary/aromatic N) is 3. The van der Waals surface area contributed by atoms with Crippen LogP contribution in [0.25, 0.3) is 5.52 Å². The van der Waals surface area contributed by atoms with Crippen LogP contribution in [-0.4, -0.2) is 20.6 Å². The summed E-state index contributed by atoms with van der Waals surface area (Å²) >= 11 is 0. The van der Waals surface area contributed by atoms with Crippen LogP contribution in [0.2, 0.25) is 0 Å². The Morgan fingerprint density at radius 1 is 1.32 bits per heavy atom. The molecule has 0 saturated heterocycles. The van der Waals surface area contributed by atoms with Gasteiger partial charge in [0.15, 0.2) is 5.82 Å². The van der Waals surface area contributed by atoms with E-state index in [1.54, 1.807) is 6.20 Å². The minimum atomic E-state index is 0.450. The number of anilines is 1. The second kappa shape index (κ2) is 6.55. The molecular weight excluding hydrogens is 236 g/mol. The van der Waals surface area contributed by atoms with E-state index in [1.807, 2.05) is 17.6 Å². The Bertz CT molecular complexity index is 518. The average molecular weight is 260 g/mol. The Kier molecular flexibility index (Phi) is 4.77. The Hall–Kier alpha value is -1.58. The lowest BCUT2D eigenvalue weighted by Crippen LogP contribution is -2.16. The number of hydrogen-bond acceptors (Lipinski definition) is 3. The summed E-state index contributed by atoms with van der Waals surface area (Å²) < 4.78 is 1.88. The van der Waals surface area contributed by atoms with Crippen molar-refractivity contribution >= 4 is 11.3 Å². The van der Waals surface area contributed by atoms with E-state index in [4.69, 9.17) is 0 Å². The maximum atomic E-state index is 4.43. The van der Waals surface area contributed by atoms with Crippen molar-refractivity contribution in [1.29, 1.82) is 0 Å². The first-order chi connectivity index (χ1) is 9.20. The van der Waals surface area contributed by atoms with Gasteiger partial charge >= 0.3 is 0 Å². The number of unbranched alkanes of at least 4 members (excludes halogenated alkanes) is 3. The normalized spacial score (nSPS) is 12.8. The van der Waals surface area contributed by atoms with E-state index >= 15 is 0 Å². The first-order valence-electron chi connectivity index (χ1n) is 7.28. The molecule has 2 aromatic rings. The zero-order chi connectivity index (χ0) is 13.7. The maximum Gasteiger partial charge on any atom is 0.152 e. The molecule has 4 heteroatoms. The molecule has 104 valence electrons. The van der Waals surface area contributed by atoms with Gasteiger partial charge in [0.25, 0.3) is 0 Å². The first kappa shape index (κ1) is 13.8. The molecule has 0 saturated carbocycles. The third-order valence-electron chi connectivity index (χ3n) is 3.39. The summed E-state index contributed by atoms with van der Waals surface area (Å²) in [6.45, 7) is 6.47. The van der Waals surface area contributed by atoms with Gasteiger partial charge in [0.2, 0.25) is 0 Å². The third-order valence-corrected chi connectivity index (χ3v) is 3.39. The summed E-state index contributed by atoms with van der Waals surface area (Å²) in [5, 5.41) is 7.91. The van der Waals surface area contributed by atoms with Gasteiger partial charge in [0.05, 0.1) is 5.69 Å². The second-order valence-corrected chi connectivity index (χ2v) is 5.29. The van der Waals surface area contributed by atoms with Gasteiger partial charge in [0.1, 0.15) is 5.52 Å². The zero-order valence-electron chi connectivity index (χ0n) is 12.2. The highest BCUT2D eigenvalue weighted by atomic mass is 15.2. The molecule has 1 N–H and O–H groups in total. The number of rotatable bonds is 7. The Balaban J connectivity index is 1.96. The molecule has 0 spiro atoms. The molecule has 1 atom stereocenters. The fraction of sp³-hybridized carbons (Fsp3) is 0.600. The highest BCUT2D eigenvalue weighted by Crippen LogP contribution is 2.17. The summed E-state index contributed by atoms with van der Waals surface area (Å²) in [5.74, 6) is 0.936. The molecule has 0 radical (unpaired) electrons. The molecule has 2 heterocycles. The van der Waals surface area contributed by atoms with E-state index in [0.29, 0.717) is 6.04 Å². The van der Waals surface area contributed by atoms with Crippen LogP contribution in [0.1, 0.15) is 51.6 Å². The zero-order valence-corrected chi connectivity index (χ0v) is 12.2. The van der Waals surface area contributed by atoms with Gasteiger partial charge in [-0.2, -0.15) is 5.10 Å². The molecule has 0 fully saturated rings. The van der Waals surface area contributed by atoms with Crippen LogP contribution in [0.5, 0.6) is 0 Å². The fourth-order valence-electron chi connectivity index (χ4n) is 2.34. The average Bonchev–Trinajstić information content (AvgIpc) is 2.76. The van der Waals surface area contributed by atoms with Crippen molar-refractivity contribution in [3.8, 4) is 0 Å². The lowest BCUT2D eigenvalue weighted by molar-refractivity contribution is 0.593. The summed E-state index contributed by atoms with van der Waals surface area (Å²) in [6, 6.07) is 2.52. The number of nitrogens with one attached hydrogen (secondary N) is 1. The summed E-state index contributed by atoms with van der Waals surface area (Å²) in [6.07, 6.45) is 10.1. The first-order valence-corrected chi connectivity index (χ1v) is 7.28. The molecule has 0 aliphatic carbocycles. The smallest absolute Gasteiger partial charge is 0.152 e. The predicted molar refractivity (Wildman–Crippen MR) is 79.6 cm³/mol. The summed E-state index contributed by atoms with van der Waals surface area (Å²) in [5.41, 5.74) is 2.08. The van der Waals surface area contributed by atoms with Crippen LogP contribution in [0.15, 0.2) is 18.5 Å². The molecule has 0 aliphatic rings. The molecule has 2 aromatic heterocycles. The van der Waals surface area contributed by atoms with Gasteiger partial charge in [-0.15, -0.1) is 0 Å². The number of hydrogen-bond donors (Lipinski definition) is 1. The Morgan fingerprint density at radius 2 is 2.16 bits per heavy atom.